The molecule has 1 saturated heterocycles. The van der Waals surface area contributed by atoms with Crippen LogP contribution in [0.4, 0.5) is 0 Å². The van der Waals surface area contributed by atoms with Crippen molar-refractivity contribution in [2.24, 2.45) is 0 Å². The molecule has 0 bridgehead atoms. The van der Waals surface area contributed by atoms with Crippen molar-refractivity contribution in [2.75, 3.05) is 6.54 Å². The lowest BCUT2D eigenvalue weighted by atomic mass is 9.97. The number of aliphatic hydroxyl groups excluding tert-OH is 1. The monoisotopic (exact) mass is 301 g/mol. The molecule has 0 radical (unpaired) electrons. The predicted octanol–water partition coefficient (Wildman–Crippen LogP) is 0.930. The van der Waals surface area contributed by atoms with Gasteiger partial charge in [-0.05, 0) is 37.9 Å². The summed E-state index contributed by atoms with van der Waals surface area (Å²) in [5.41, 5.74) is 0.244. The highest BCUT2D eigenvalue weighted by atomic mass is 16.3. The molecule has 1 aromatic heterocycles. The molecule has 2 heterocycles. The summed E-state index contributed by atoms with van der Waals surface area (Å²) in [4.78, 5) is 28.7. The number of aromatic nitrogens is 2. The predicted molar refractivity (Wildman–Crippen MR) is 82.9 cm³/mol. The summed E-state index contributed by atoms with van der Waals surface area (Å²) in [5, 5.41) is 13.5. The standard InChI is InChI=1S/C16H19N3O3/c20-14-6-3-9-17-13(14)7-8-15(21)19-10-18-12-5-2-1-4-11(12)16(19)22/h1-2,4-5,10,13-14,17,20H,3,6-9H2. The maximum atomic E-state index is 12.3. The number of piperidine rings is 1. The lowest BCUT2D eigenvalue weighted by Gasteiger charge is -2.28. The summed E-state index contributed by atoms with van der Waals surface area (Å²) >= 11 is 0. The van der Waals surface area contributed by atoms with Crippen molar-refractivity contribution in [1.82, 2.24) is 14.9 Å². The van der Waals surface area contributed by atoms with E-state index in [1.165, 1.54) is 6.33 Å². The number of para-hydroxylation sites is 1. The van der Waals surface area contributed by atoms with Crippen molar-refractivity contribution in [2.45, 2.75) is 37.8 Å². The fourth-order valence-electron chi connectivity index (χ4n) is 2.88. The van der Waals surface area contributed by atoms with Crippen molar-refractivity contribution in [3.63, 3.8) is 0 Å². The Labute approximate surface area is 127 Å². The van der Waals surface area contributed by atoms with Crippen LogP contribution in [0, 0.1) is 0 Å². The van der Waals surface area contributed by atoms with Crippen LogP contribution in [0.3, 0.4) is 0 Å². The zero-order chi connectivity index (χ0) is 15.5. The first-order valence-corrected chi connectivity index (χ1v) is 7.58. The van der Waals surface area contributed by atoms with E-state index in [1.54, 1.807) is 24.3 Å². The molecule has 2 N–H and O–H groups in total. The minimum atomic E-state index is -0.423. The van der Waals surface area contributed by atoms with E-state index < -0.39 is 6.10 Å². The summed E-state index contributed by atoms with van der Waals surface area (Å²) in [5.74, 6) is -0.289. The van der Waals surface area contributed by atoms with Gasteiger partial charge in [0.2, 0.25) is 5.91 Å². The third-order valence-corrected chi connectivity index (χ3v) is 4.15. The van der Waals surface area contributed by atoms with Gasteiger partial charge in [0.1, 0.15) is 6.33 Å². The Kier molecular flexibility index (Phi) is 4.31. The highest BCUT2D eigenvalue weighted by Gasteiger charge is 2.23. The van der Waals surface area contributed by atoms with Crippen LogP contribution in [0.15, 0.2) is 35.4 Å². The minimum absolute atomic E-state index is 0.0817. The normalized spacial score (nSPS) is 21.9. The molecule has 0 spiro atoms. The zero-order valence-corrected chi connectivity index (χ0v) is 12.2. The topological polar surface area (TPSA) is 84.2 Å². The Morgan fingerprint density at radius 2 is 2.23 bits per heavy atom. The number of rotatable bonds is 3. The highest BCUT2D eigenvalue weighted by molar-refractivity contribution is 5.83. The molecule has 1 aromatic carbocycles. The number of aliphatic hydroxyl groups is 1. The zero-order valence-electron chi connectivity index (χ0n) is 12.2. The average Bonchev–Trinajstić information content (AvgIpc) is 2.54. The molecule has 6 heteroatoms. The first kappa shape index (κ1) is 14.9. The van der Waals surface area contributed by atoms with Gasteiger partial charge >= 0.3 is 0 Å². The van der Waals surface area contributed by atoms with Gasteiger partial charge in [-0.1, -0.05) is 12.1 Å². The molecule has 0 saturated carbocycles. The number of carbonyl (C=O) groups is 1. The van der Waals surface area contributed by atoms with Crippen LogP contribution in [0.2, 0.25) is 0 Å². The van der Waals surface area contributed by atoms with Gasteiger partial charge in [0.15, 0.2) is 0 Å². The van der Waals surface area contributed by atoms with Crippen molar-refractivity contribution in [1.29, 1.82) is 0 Å². The summed E-state index contributed by atoms with van der Waals surface area (Å²) in [6.45, 7) is 0.855. The molecule has 3 rings (SSSR count). The SMILES string of the molecule is O=C(CCC1NCCCC1O)n1cnc2ccccc2c1=O. The second kappa shape index (κ2) is 6.37. The number of hydrogen-bond donors (Lipinski definition) is 2. The van der Waals surface area contributed by atoms with Crippen molar-refractivity contribution < 1.29 is 9.90 Å². The average molecular weight is 301 g/mol. The summed E-state index contributed by atoms with van der Waals surface area (Å²) in [7, 11) is 0. The van der Waals surface area contributed by atoms with Gasteiger partial charge in [0, 0.05) is 12.5 Å². The van der Waals surface area contributed by atoms with E-state index in [1.807, 2.05) is 0 Å². The first-order chi connectivity index (χ1) is 10.7. The molecule has 2 unspecified atom stereocenters. The van der Waals surface area contributed by atoms with Crippen LogP contribution >= 0.6 is 0 Å². The van der Waals surface area contributed by atoms with Crippen LogP contribution in [0.1, 0.15) is 30.5 Å². The molecule has 22 heavy (non-hydrogen) atoms. The van der Waals surface area contributed by atoms with Crippen LogP contribution in [-0.2, 0) is 0 Å². The van der Waals surface area contributed by atoms with Gasteiger partial charge in [-0.15, -0.1) is 0 Å². The van der Waals surface area contributed by atoms with Crippen LogP contribution in [-0.4, -0.2) is 39.3 Å². The molecule has 1 aliphatic rings. The van der Waals surface area contributed by atoms with Crippen molar-refractivity contribution >= 4 is 16.8 Å². The first-order valence-electron chi connectivity index (χ1n) is 7.58. The van der Waals surface area contributed by atoms with Gasteiger partial charge in [-0.2, -0.15) is 0 Å². The lowest BCUT2D eigenvalue weighted by molar-refractivity contribution is 0.0794. The Morgan fingerprint density at radius 1 is 1.41 bits per heavy atom. The number of nitrogens with zero attached hydrogens (tertiary/aromatic N) is 2. The van der Waals surface area contributed by atoms with Crippen LogP contribution in [0.5, 0.6) is 0 Å². The molecule has 116 valence electrons. The molecule has 2 aromatic rings. The van der Waals surface area contributed by atoms with E-state index in [4.69, 9.17) is 0 Å². The van der Waals surface area contributed by atoms with Gasteiger partial charge in [0.25, 0.3) is 5.56 Å². The Balaban J connectivity index is 1.75. The number of carbonyl (C=O) groups excluding carboxylic acids is 1. The molecule has 0 aliphatic carbocycles. The summed E-state index contributed by atoms with van der Waals surface area (Å²) < 4.78 is 1.07. The van der Waals surface area contributed by atoms with Gasteiger partial charge in [0.05, 0.1) is 17.0 Å². The fraction of sp³-hybridized carbons (Fsp3) is 0.438. The number of nitrogens with one attached hydrogen (secondary N) is 1. The minimum Gasteiger partial charge on any atom is -0.392 e. The molecule has 2 atom stereocenters. The van der Waals surface area contributed by atoms with Crippen LogP contribution in [0.25, 0.3) is 10.9 Å². The molecule has 6 nitrogen and oxygen atoms in total. The van der Waals surface area contributed by atoms with E-state index in [0.717, 1.165) is 24.0 Å². The Hall–Kier alpha value is -2.05. The van der Waals surface area contributed by atoms with Gasteiger partial charge in [-0.3, -0.25) is 9.59 Å². The highest BCUT2D eigenvalue weighted by Crippen LogP contribution is 2.13. The van der Waals surface area contributed by atoms with Gasteiger partial charge in [-0.25, -0.2) is 9.55 Å². The fourth-order valence-corrected chi connectivity index (χ4v) is 2.88. The molecule has 1 aliphatic heterocycles. The largest absolute Gasteiger partial charge is 0.392 e. The quantitative estimate of drug-likeness (QED) is 0.881. The third-order valence-electron chi connectivity index (χ3n) is 4.15. The second-order valence-electron chi connectivity index (χ2n) is 5.64. The van der Waals surface area contributed by atoms with Crippen molar-refractivity contribution in [3.8, 4) is 0 Å². The number of hydrogen-bond acceptors (Lipinski definition) is 5. The summed E-state index contributed by atoms with van der Waals surface area (Å²) in [6, 6.07) is 6.88. The maximum absolute atomic E-state index is 12.3. The Morgan fingerprint density at radius 3 is 3.05 bits per heavy atom. The second-order valence-corrected chi connectivity index (χ2v) is 5.64. The van der Waals surface area contributed by atoms with E-state index >= 15 is 0 Å². The maximum Gasteiger partial charge on any atom is 0.267 e. The van der Waals surface area contributed by atoms with E-state index in [9.17, 15) is 14.7 Å². The molecular weight excluding hydrogens is 282 g/mol. The third kappa shape index (κ3) is 2.93. The molecular formula is C16H19N3O3. The van der Waals surface area contributed by atoms with Gasteiger partial charge < -0.3 is 10.4 Å². The number of benzene rings is 1. The lowest BCUT2D eigenvalue weighted by Crippen LogP contribution is -2.45. The smallest absolute Gasteiger partial charge is 0.267 e. The number of fused-ring (bicyclic) bond motifs is 1. The Bertz CT molecular complexity index is 741. The van der Waals surface area contributed by atoms with E-state index in [-0.39, 0.29) is 23.9 Å². The molecule has 0 amide bonds. The van der Waals surface area contributed by atoms with E-state index in [2.05, 4.69) is 10.3 Å². The van der Waals surface area contributed by atoms with E-state index in [0.29, 0.717) is 17.3 Å². The summed E-state index contributed by atoms with van der Waals surface area (Å²) in [6.07, 6.45) is 3.28. The van der Waals surface area contributed by atoms with Crippen molar-refractivity contribution in [3.05, 3.63) is 40.9 Å². The van der Waals surface area contributed by atoms with Crippen LogP contribution < -0.4 is 10.9 Å². The molecule has 1 fully saturated rings.